The number of nitrogens with zero attached hydrogens (tertiary/aromatic N) is 3. The molecular weight excluding hydrogens is 314 g/mol. The van der Waals surface area contributed by atoms with Crippen molar-refractivity contribution in [3.05, 3.63) is 34.7 Å². The maximum Gasteiger partial charge on any atom is 0.359 e. The van der Waals surface area contributed by atoms with E-state index < -0.39 is 5.97 Å². The Kier molecular flexibility index (Phi) is 2.63. The lowest BCUT2D eigenvalue weighted by molar-refractivity contribution is 0.0685. The third-order valence-electron chi connectivity index (χ3n) is 2.83. The summed E-state index contributed by atoms with van der Waals surface area (Å²) in [5.74, 6) is -0.759. The number of rotatable bonds is 2. The Morgan fingerprint density at radius 1 is 1.47 bits per heavy atom. The summed E-state index contributed by atoms with van der Waals surface area (Å²) in [6.45, 7) is 0. The summed E-state index contributed by atoms with van der Waals surface area (Å²) in [6, 6.07) is 5.56. The highest BCUT2D eigenvalue weighted by molar-refractivity contribution is 9.10. The van der Waals surface area contributed by atoms with Crippen LogP contribution in [0.25, 0.3) is 22.4 Å². The van der Waals surface area contributed by atoms with Crippen molar-refractivity contribution in [2.75, 3.05) is 0 Å². The molecule has 0 saturated heterocycles. The van der Waals surface area contributed by atoms with Crippen molar-refractivity contribution < 1.29 is 14.4 Å². The molecule has 1 aromatic carbocycles. The van der Waals surface area contributed by atoms with Gasteiger partial charge in [-0.05, 0) is 34.1 Å². The van der Waals surface area contributed by atoms with Gasteiger partial charge in [-0.3, -0.25) is 0 Å². The van der Waals surface area contributed by atoms with Crippen LogP contribution in [0.15, 0.2) is 33.5 Å². The summed E-state index contributed by atoms with van der Waals surface area (Å²) in [7, 11) is 1.90. The van der Waals surface area contributed by atoms with Crippen molar-refractivity contribution in [3.8, 4) is 11.3 Å². The number of benzene rings is 1. The number of carboxylic acid groups (broad SMARTS) is 1. The Morgan fingerprint density at radius 2 is 2.26 bits per heavy atom. The number of carboxylic acids is 1. The molecule has 3 rings (SSSR count). The highest BCUT2D eigenvalue weighted by Gasteiger charge is 2.20. The van der Waals surface area contributed by atoms with E-state index in [2.05, 4.69) is 26.1 Å². The predicted molar refractivity (Wildman–Crippen MR) is 70.9 cm³/mol. The normalized spacial score (nSPS) is 11.1. The molecule has 0 fully saturated rings. The Morgan fingerprint density at radius 3 is 2.95 bits per heavy atom. The van der Waals surface area contributed by atoms with Crippen LogP contribution in [0.1, 0.15) is 10.5 Å². The summed E-state index contributed by atoms with van der Waals surface area (Å²) in [4.78, 5) is 15.2. The van der Waals surface area contributed by atoms with Crippen LogP contribution in [-0.4, -0.2) is 25.8 Å². The fourth-order valence-corrected chi connectivity index (χ4v) is 2.41. The SMILES string of the molecule is Cn1cnc2cc(-c3onc(C(=O)O)c3Br)ccc21. The van der Waals surface area contributed by atoms with Gasteiger partial charge in [-0.25, -0.2) is 9.78 Å². The first-order valence-electron chi connectivity index (χ1n) is 5.38. The largest absolute Gasteiger partial charge is 0.476 e. The monoisotopic (exact) mass is 321 g/mol. The first kappa shape index (κ1) is 11.9. The van der Waals surface area contributed by atoms with E-state index in [1.54, 1.807) is 6.33 Å². The average molecular weight is 322 g/mol. The third kappa shape index (κ3) is 1.82. The maximum absolute atomic E-state index is 10.9. The highest BCUT2D eigenvalue weighted by Crippen LogP contribution is 2.32. The van der Waals surface area contributed by atoms with Crippen molar-refractivity contribution in [1.82, 2.24) is 14.7 Å². The Bertz CT molecular complexity index is 791. The Balaban J connectivity index is 2.16. The van der Waals surface area contributed by atoms with E-state index in [1.807, 2.05) is 29.8 Å². The quantitative estimate of drug-likeness (QED) is 0.784. The summed E-state index contributed by atoms with van der Waals surface area (Å²) in [6.07, 6.45) is 1.71. The molecule has 19 heavy (non-hydrogen) atoms. The smallest absolute Gasteiger partial charge is 0.359 e. The molecule has 0 aliphatic heterocycles. The molecule has 2 heterocycles. The summed E-state index contributed by atoms with van der Waals surface area (Å²) < 4.78 is 7.32. The summed E-state index contributed by atoms with van der Waals surface area (Å²) in [5.41, 5.74) is 2.37. The molecule has 96 valence electrons. The lowest BCUT2D eigenvalue weighted by Crippen LogP contribution is -1.96. The van der Waals surface area contributed by atoms with Gasteiger partial charge in [0.15, 0.2) is 5.76 Å². The van der Waals surface area contributed by atoms with Crippen LogP contribution in [0.3, 0.4) is 0 Å². The van der Waals surface area contributed by atoms with Crippen LogP contribution in [0, 0.1) is 0 Å². The lowest BCUT2D eigenvalue weighted by Gasteiger charge is -1.98. The number of hydrogen-bond acceptors (Lipinski definition) is 4. The molecule has 2 aromatic heterocycles. The fourth-order valence-electron chi connectivity index (χ4n) is 1.87. The van der Waals surface area contributed by atoms with Crippen molar-refractivity contribution >= 4 is 32.9 Å². The number of aromatic carboxylic acids is 1. The maximum atomic E-state index is 10.9. The molecule has 0 amide bonds. The van der Waals surface area contributed by atoms with Crippen molar-refractivity contribution in [3.63, 3.8) is 0 Å². The van der Waals surface area contributed by atoms with Crippen molar-refractivity contribution in [2.24, 2.45) is 7.05 Å². The number of hydrogen-bond donors (Lipinski definition) is 1. The molecule has 0 radical (unpaired) electrons. The van der Waals surface area contributed by atoms with Gasteiger partial charge in [0.05, 0.1) is 17.4 Å². The molecular formula is C12H8BrN3O3. The zero-order chi connectivity index (χ0) is 13.6. The van der Waals surface area contributed by atoms with E-state index in [4.69, 9.17) is 9.63 Å². The van der Waals surface area contributed by atoms with Gasteiger partial charge in [0, 0.05) is 12.6 Å². The van der Waals surface area contributed by atoms with Crippen LogP contribution in [0.2, 0.25) is 0 Å². The van der Waals surface area contributed by atoms with Crippen LogP contribution in [0.5, 0.6) is 0 Å². The minimum Gasteiger partial charge on any atom is -0.476 e. The van der Waals surface area contributed by atoms with Crippen LogP contribution >= 0.6 is 15.9 Å². The number of aromatic nitrogens is 3. The van der Waals surface area contributed by atoms with Gasteiger partial charge >= 0.3 is 5.97 Å². The first-order valence-corrected chi connectivity index (χ1v) is 6.17. The molecule has 1 N–H and O–H groups in total. The van der Waals surface area contributed by atoms with Crippen molar-refractivity contribution in [1.29, 1.82) is 0 Å². The molecule has 0 unspecified atom stereocenters. The standard InChI is InChI=1S/C12H8BrN3O3/c1-16-5-14-7-4-6(2-3-8(7)16)11-9(13)10(12(17)18)15-19-11/h2-5H,1H3,(H,17,18). The highest BCUT2D eigenvalue weighted by atomic mass is 79.9. The second-order valence-corrected chi connectivity index (χ2v) is 4.83. The first-order chi connectivity index (χ1) is 9.08. The second-order valence-electron chi connectivity index (χ2n) is 4.04. The number of fused-ring (bicyclic) bond motifs is 1. The van der Waals surface area contributed by atoms with Gasteiger partial charge in [-0.15, -0.1) is 0 Å². The third-order valence-corrected chi connectivity index (χ3v) is 3.56. The van der Waals surface area contributed by atoms with Gasteiger partial charge in [0.2, 0.25) is 5.69 Å². The van der Waals surface area contributed by atoms with E-state index in [0.29, 0.717) is 10.2 Å². The van der Waals surface area contributed by atoms with Crippen molar-refractivity contribution in [2.45, 2.75) is 0 Å². The molecule has 0 spiro atoms. The predicted octanol–water partition coefficient (Wildman–Crippen LogP) is 2.69. The number of imidazole rings is 1. The van der Waals surface area contributed by atoms with Gasteiger partial charge in [0.25, 0.3) is 0 Å². The topological polar surface area (TPSA) is 81.2 Å². The van der Waals surface area contributed by atoms with E-state index in [9.17, 15) is 4.79 Å². The lowest BCUT2D eigenvalue weighted by atomic mass is 10.1. The molecule has 0 aliphatic carbocycles. The Hall–Kier alpha value is -2.15. The van der Waals surface area contributed by atoms with Crippen LogP contribution in [-0.2, 0) is 7.05 Å². The molecule has 0 saturated carbocycles. The van der Waals surface area contributed by atoms with Gasteiger partial charge in [-0.2, -0.15) is 0 Å². The second kappa shape index (κ2) is 4.20. The fraction of sp³-hybridized carbons (Fsp3) is 0.0833. The molecule has 0 bridgehead atoms. The zero-order valence-corrected chi connectivity index (χ0v) is 11.4. The minimum atomic E-state index is -1.14. The van der Waals surface area contributed by atoms with Crippen LogP contribution < -0.4 is 0 Å². The Labute approximate surface area is 115 Å². The van der Waals surface area contributed by atoms with E-state index in [0.717, 1.165) is 16.6 Å². The summed E-state index contributed by atoms with van der Waals surface area (Å²) >= 11 is 3.20. The molecule has 7 heteroatoms. The zero-order valence-electron chi connectivity index (χ0n) is 9.79. The number of aryl methyl sites for hydroxylation is 1. The molecule has 6 nitrogen and oxygen atoms in total. The van der Waals surface area contributed by atoms with Gasteiger partial charge in [-0.1, -0.05) is 5.16 Å². The molecule has 3 aromatic rings. The molecule has 0 atom stereocenters. The van der Waals surface area contributed by atoms with Crippen LogP contribution in [0.4, 0.5) is 0 Å². The van der Waals surface area contributed by atoms with Gasteiger partial charge < -0.3 is 14.2 Å². The molecule has 0 aliphatic rings. The summed E-state index contributed by atoms with van der Waals surface area (Å²) in [5, 5.41) is 12.5. The number of halogens is 1. The average Bonchev–Trinajstić information content (AvgIpc) is 2.93. The minimum absolute atomic E-state index is 0.142. The number of carbonyl (C=O) groups is 1. The van der Waals surface area contributed by atoms with E-state index in [1.165, 1.54) is 0 Å². The van der Waals surface area contributed by atoms with Gasteiger partial charge in [0.1, 0.15) is 4.47 Å². The van der Waals surface area contributed by atoms with E-state index >= 15 is 0 Å². The van der Waals surface area contributed by atoms with E-state index in [-0.39, 0.29) is 5.69 Å².